The summed E-state index contributed by atoms with van der Waals surface area (Å²) in [7, 11) is 0. The molecule has 1 amide bonds. The molecule has 0 spiro atoms. The zero-order chi connectivity index (χ0) is 12.4. The molecule has 0 bridgehead atoms. The van der Waals surface area contributed by atoms with E-state index in [1.165, 1.54) is 18.2 Å². The molecule has 0 saturated heterocycles. The predicted molar refractivity (Wildman–Crippen MR) is 53.5 cm³/mol. The van der Waals surface area contributed by atoms with Gasteiger partial charge in [0, 0.05) is 6.54 Å². The van der Waals surface area contributed by atoms with Gasteiger partial charge in [-0.2, -0.15) is 0 Å². The van der Waals surface area contributed by atoms with Crippen molar-refractivity contribution in [3.8, 4) is 0 Å². The molecule has 0 aliphatic carbocycles. The fourth-order valence-electron chi connectivity index (χ4n) is 0.826. The molecule has 0 heterocycles. The van der Waals surface area contributed by atoms with Crippen molar-refractivity contribution in [1.29, 1.82) is 0 Å². The van der Waals surface area contributed by atoms with Gasteiger partial charge in [-0.1, -0.05) is 30.9 Å². The van der Waals surface area contributed by atoms with E-state index in [0.29, 0.717) is 12.0 Å². The Labute approximate surface area is 91.3 Å². The Morgan fingerprint density at radius 3 is 2.62 bits per heavy atom. The quantitative estimate of drug-likeness (QED) is 0.541. The molecule has 0 atom stereocenters. The smallest absolute Gasteiger partial charge is 0.355 e. The molecule has 0 unspecified atom stereocenters. The third-order valence-electron chi connectivity index (χ3n) is 1.40. The minimum atomic E-state index is -4.63. The highest BCUT2D eigenvalue weighted by Crippen LogP contribution is 2.15. The number of hydrogen-bond acceptors (Lipinski definition) is 2. The Morgan fingerprint density at radius 2 is 2.12 bits per heavy atom. The van der Waals surface area contributed by atoms with Gasteiger partial charge >= 0.3 is 6.36 Å². The van der Waals surface area contributed by atoms with Crippen LogP contribution in [0.2, 0.25) is 0 Å². The Bertz CT molecular complexity index is 282. The summed E-state index contributed by atoms with van der Waals surface area (Å²) in [4.78, 5) is 10.0. The van der Waals surface area contributed by atoms with Gasteiger partial charge in [-0.3, -0.25) is 9.53 Å². The van der Waals surface area contributed by atoms with Crippen LogP contribution in [0.4, 0.5) is 13.2 Å². The second kappa shape index (κ2) is 7.70. The van der Waals surface area contributed by atoms with Crippen molar-refractivity contribution in [1.82, 2.24) is 5.32 Å². The Hall–Kier alpha value is -1.56. The van der Waals surface area contributed by atoms with E-state index in [9.17, 15) is 18.0 Å². The zero-order valence-corrected chi connectivity index (χ0v) is 8.46. The molecule has 0 aromatic heterocycles. The average molecular weight is 235 g/mol. The summed E-state index contributed by atoms with van der Waals surface area (Å²) in [6.45, 7) is 3.09. The normalized spacial score (nSPS) is 12.8. The maximum absolute atomic E-state index is 11.6. The lowest BCUT2D eigenvalue weighted by Crippen LogP contribution is -2.14. The number of alkyl halides is 3. The number of amides is 1. The van der Waals surface area contributed by atoms with Crippen LogP contribution < -0.4 is 5.32 Å². The van der Waals surface area contributed by atoms with Crippen LogP contribution in [0.3, 0.4) is 0 Å². The predicted octanol–water partition coefficient (Wildman–Crippen LogP) is 1.94. The lowest BCUT2D eigenvalue weighted by molar-refractivity contribution is -0.319. The SMILES string of the molecule is C=C/C=C(\C=C/COC(F)(F)F)CNC=O. The van der Waals surface area contributed by atoms with Crippen molar-refractivity contribution in [2.24, 2.45) is 0 Å². The number of nitrogens with one attached hydrogen (secondary N) is 1. The van der Waals surface area contributed by atoms with Gasteiger partial charge in [-0.15, -0.1) is 13.2 Å². The Balaban J connectivity index is 4.09. The summed E-state index contributed by atoms with van der Waals surface area (Å²) in [5.41, 5.74) is 0.618. The lowest BCUT2D eigenvalue weighted by atomic mass is 10.2. The summed E-state index contributed by atoms with van der Waals surface area (Å²) in [6, 6.07) is 0. The first kappa shape index (κ1) is 14.4. The fourth-order valence-corrected chi connectivity index (χ4v) is 0.826. The summed E-state index contributed by atoms with van der Waals surface area (Å²) in [5.74, 6) is 0. The number of hydrogen-bond donors (Lipinski definition) is 1. The van der Waals surface area contributed by atoms with Crippen molar-refractivity contribution in [2.75, 3.05) is 13.2 Å². The van der Waals surface area contributed by atoms with Gasteiger partial charge in [0.25, 0.3) is 0 Å². The Morgan fingerprint density at radius 1 is 1.44 bits per heavy atom. The van der Waals surface area contributed by atoms with Gasteiger partial charge in [-0.25, -0.2) is 0 Å². The third-order valence-corrected chi connectivity index (χ3v) is 1.40. The highest BCUT2D eigenvalue weighted by Gasteiger charge is 2.27. The standard InChI is InChI=1S/C10H12F3NO2/c1-2-4-9(7-14-8-15)5-3-6-16-10(11,12)13/h2-5,8H,1,6-7H2,(H,14,15)/b5-3-,9-4+. The summed E-state index contributed by atoms with van der Waals surface area (Å²) >= 11 is 0. The molecule has 0 aromatic rings. The fraction of sp³-hybridized carbons (Fsp3) is 0.300. The molecule has 0 radical (unpaired) electrons. The van der Waals surface area contributed by atoms with E-state index in [4.69, 9.17) is 0 Å². The molecule has 0 rings (SSSR count). The molecule has 0 fully saturated rings. The van der Waals surface area contributed by atoms with Gasteiger partial charge in [-0.05, 0) is 5.57 Å². The second-order valence-corrected chi connectivity index (χ2v) is 2.64. The van der Waals surface area contributed by atoms with Crippen LogP contribution in [0, 0.1) is 0 Å². The maximum atomic E-state index is 11.6. The van der Waals surface area contributed by atoms with E-state index in [1.54, 1.807) is 6.08 Å². The summed E-state index contributed by atoms with van der Waals surface area (Å²) in [5, 5.41) is 2.38. The highest BCUT2D eigenvalue weighted by atomic mass is 19.4. The van der Waals surface area contributed by atoms with Crippen LogP contribution in [0.5, 0.6) is 0 Å². The molecule has 16 heavy (non-hydrogen) atoms. The molecular formula is C10H12F3NO2. The van der Waals surface area contributed by atoms with Gasteiger partial charge < -0.3 is 5.32 Å². The molecule has 0 aromatic carbocycles. The second-order valence-electron chi connectivity index (χ2n) is 2.64. The van der Waals surface area contributed by atoms with Gasteiger partial charge in [0.1, 0.15) is 0 Å². The van der Waals surface area contributed by atoms with E-state index >= 15 is 0 Å². The van der Waals surface area contributed by atoms with E-state index in [1.807, 2.05) is 0 Å². The first-order chi connectivity index (χ1) is 7.49. The van der Waals surface area contributed by atoms with Crippen LogP contribution in [0.1, 0.15) is 0 Å². The van der Waals surface area contributed by atoms with Crippen LogP contribution >= 0.6 is 0 Å². The highest BCUT2D eigenvalue weighted by molar-refractivity contribution is 5.47. The molecule has 3 nitrogen and oxygen atoms in total. The molecule has 0 saturated carbocycles. The van der Waals surface area contributed by atoms with Crippen LogP contribution in [0.15, 0.2) is 36.5 Å². The van der Waals surface area contributed by atoms with Crippen molar-refractivity contribution >= 4 is 6.41 Å². The van der Waals surface area contributed by atoms with Crippen LogP contribution in [-0.2, 0) is 9.53 Å². The average Bonchev–Trinajstić information content (AvgIpc) is 2.19. The monoisotopic (exact) mass is 235 g/mol. The largest absolute Gasteiger partial charge is 0.522 e. The number of ether oxygens (including phenoxy) is 1. The zero-order valence-electron chi connectivity index (χ0n) is 8.46. The van der Waals surface area contributed by atoms with E-state index in [0.717, 1.165) is 0 Å². The maximum Gasteiger partial charge on any atom is 0.522 e. The van der Waals surface area contributed by atoms with E-state index in [-0.39, 0.29) is 6.54 Å². The van der Waals surface area contributed by atoms with E-state index < -0.39 is 13.0 Å². The number of carbonyl (C=O) groups is 1. The van der Waals surface area contributed by atoms with Crippen LogP contribution in [-0.4, -0.2) is 25.9 Å². The summed E-state index contributed by atoms with van der Waals surface area (Å²) in [6.07, 6.45) is 1.53. The molecule has 1 N–H and O–H groups in total. The van der Waals surface area contributed by atoms with Crippen LogP contribution in [0.25, 0.3) is 0 Å². The molecular weight excluding hydrogens is 223 g/mol. The van der Waals surface area contributed by atoms with Gasteiger partial charge in [0.2, 0.25) is 6.41 Å². The molecule has 0 aliphatic heterocycles. The first-order valence-corrected chi connectivity index (χ1v) is 4.35. The number of rotatable bonds is 7. The molecule has 0 aliphatic rings. The van der Waals surface area contributed by atoms with E-state index in [2.05, 4.69) is 16.6 Å². The minimum absolute atomic E-state index is 0.220. The molecule has 6 heteroatoms. The Kier molecular flexibility index (Phi) is 6.95. The summed E-state index contributed by atoms with van der Waals surface area (Å²) < 4.78 is 38.3. The van der Waals surface area contributed by atoms with Gasteiger partial charge in [0.15, 0.2) is 0 Å². The van der Waals surface area contributed by atoms with Crippen molar-refractivity contribution < 1.29 is 22.7 Å². The number of carbonyl (C=O) groups excluding carboxylic acids is 1. The number of halogens is 3. The topological polar surface area (TPSA) is 38.3 Å². The number of allylic oxidation sites excluding steroid dienone is 2. The lowest BCUT2D eigenvalue weighted by Gasteiger charge is -2.04. The third kappa shape index (κ3) is 9.01. The van der Waals surface area contributed by atoms with Gasteiger partial charge in [0.05, 0.1) is 6.61 Å². The first-order valence-electron chi connectivity index (χ1n) is 4.35. The molecule has 90 valence electrons. The minimum Gasteiger partial charge on any atom is -0.355 e. The van der Waals surface area contributed by atoms with Crippen molar-refractivity contribution in [2.45, 2.75) is 6.36 Å². The van der Waals surface area contributed by atoms with Crippen molar-refractivity contribution in [3.63, 3.8) is 0 Å². The van der Waals surface area contributed by atoms with Crippen molar-refractivity contribution in [3.05, 3.63) is 36.5 Å².